The Hall–Kier alpha value is -0.653. The van der Waals surface area contributed by atoms with Crippen LogP contribution < -0.4 is 0 Å². The van der Waals surface area contributed by atoms with Gasteiger partial charge in [-0.3, -0.25) is 0 Å². The molecule has 3 nitrogen and oxygen atoms in total. The zero-order chi connectivity index (χ0) is 6.99. The van der Waals surface area contributed by atoms with Crippen LogP contribution in [0, 0.1) is 0 Å². The van der Waals surface area contributed by atoms with E-state index in [1.807, 2.05) is 0 Å². The SMILES string of the molecule is C=CC=C.O=C(O)O.[LiH]. The Morgan fingerprint density at radius 2 is 1.33 bits per heavy atom. The fourth-order valence-corrected chi connectivity index (χ4v) is 0. The summed E-state index contributed by atoms with van der Waals surface area (Å²) in [6.45, 7) is 6.72. The summed E-state index contributed by atoms with van der Waals surface area (Å²) < 4.78 is 0. The summed E-state index contributed by atoms with van der Waals surface area (Å²) in [5.41, 5.74) is 0. The van der Waals surface area contributed by atoms with Crippen molar-refractivity contribution in [2.45, 2.75) is 0 Å². The molecule has 0 aliphatic carbocycles. The van der Waals surface area contributed by atoms with Gasteiger partial charge in [0.15, 0.2) is 0 Å². The van der Waals surface area contributed by atoms with E-state index >= 15 is 0 Å². The summed E-state index contributed by atoms with van der Waals surface area (Å²) in [7, 11) is 0. The van der Waals surface area contributed by atoms with Gasteiger partial charge < -0.3 is 10.2 Å². The van der Waals surface area contributed by atoms with E-state index in [9.17, 15) is 0 Å². The molecule has 0 radical (unpaired) electrons. The van der Waals surface area contributed by atoms with Crippen LogP contribution in [0.3, 0.4) is 0 Å². The first-order valence-corrected chi connectivity index (χ1v) is 1.80. The van der Waals surface area contributed by atoms with Crippen molar-refractivity contribution in [1.82, 2.24) is 0 Å². The molecule has 0 aromatic rings. The first-order chi connectivity index (χ1) is 3.65. The van der Waals surface area contributed by atoms with Gasteiger partial charge >= 0.3 is 25.0 Å². The molecule has 0 atom stereocenters. The van der Waals surface area contributed by atoms with Gasteiger partial charge in [-0.05, 0) is 0 Å². The molecular formula is C5H9LiO3. The van der Waals surface area contributed by atoms with Gasteiger partial charge in [-0.15, -0.1) is 0 Å². The number of carbonyl (C=O) groups is 1. The fourth-order valence-electron chi connectivity index (χ4n) is 0. The van der Waals surface area contributed by atoms with Crippen molar-refractivity contribution in [2.75, 3.05) is 0 Å². The maximum absolute atomic E-state index is 8.56. The van der Waals surface area contributed by atoms with Crippen LogP contribution >= 0.6 is 0 Å². The average Bonchev–Trinajstić information content (AvgIpc) is 1.65. The Labute approximate surface area is 65.9 Å². The van der Waals surface area contributed by atoms with E-state index in [0.29, 0.717) is 0 Å². The Morgan fingerprint density at radius 3 is 1.33 bits per heavy atom. The number of hydrogen-bond acceptors (Lipinski definition) is 1. The van der Waals surface area contributed by atoms with E-state index in [1.165, 1.54) is 0 Å². The molecule has 0 rings (SSSR count). The van der Waals surface area contributed by atoms with Gasteiger partial charge in [0.2, 0.25) is 0 Å². The molecule has 0 amide bonds. The fraction of sp³-hybridized carbons (Fsp3) is 0. The third kappa shape index (κ3) is 1740. The summed E-state index contributed by atoms with van der Waals surface area (Å²) in [4.78, 5) is 8.56. The van der Waals surface area contributed by atoms with E-state index in [0.717, 1.165) is 0 Å². The number of hydrogen-bond donors (Lipinski definition) is 2. The van der Waals surface area contributed by atoms with Gasteiger partial charge in [0, 0.05) is 0 Å². The number of carboxylic acid groups (broad SMARTS) is 2. The van der Waals surface area contributed by atoms with Crippen LogP contribution in [0.5, 0.6) is 0 Å². The quantitative estimate of drug-likeness (QED) is 0.404. The van der Waals surface area contributed by atoms with E-state index in [2.05, 4.69) is 13.2 Å². The van der Waals surface area contributed by atoms with Gasteiger partial charge in [-0.25, -0.2) is 4.79 Å². The topological polar surface area (TPSA) is 57.5 Å². The predicted octanol–water partition coefficient (Wildman–Crippen LogP) is 0.932. The van der Waals surface area contributed by atoms with E-state index < -0.39 is 6.16 Å². The zero-order valence-corrected chi connectivity index (χ0v) is 4.37. The first-order valence-electron chi connectivity index (χ1n) is 1.80. The number of rotatable bonds is 1. The molecule has 0 unspecified atom stereocenters. The van der Waals surface area contributed by atoms with Crippen molar-refractivity contribution < 1.29 is 15.0 Å². The van der Waals surface area contributed by atoms with Crippen molar-refractivity contribution in [3.8, 4) is 0 Å². The normalized spacial score (nSPS) is 4.89. The van der Waals surface area contributed by atoms with Crippen LogP contribution in [0.1, 0.15) is 0 Å². The molecule has 0 spiro atoms. The Kier molecular flexibility index (Phi) is 27.4. The molecular weight excluding hydrogens is 115 g/mol. The van der Waals surface area contributed by atoms with Crippen LogP contribution in [-0.2, 0) is 0 Å². The molecule has 0 heterocycles. The van der Waals surface area contributed by atoms with Crippen molar-refractivity contribution >= 4 is 25.0 Å². The average molecular weight is 124 g/mol. The second kappa shape index (κ2) is 15.7. The van der Waals surface area contributed by atoms with Crippen molar-refractivity contribution in [1.29, 1.82) is 0 Å². The molecule has 0 aromatic carbocycles. The molecule has 0 saturated carbocycles. The predicted molar refractivity (Wildman–Crippen MR) is 38.2 cm³/mol. The van der Waals surface area contributed by atoms with Crippen molar-refractivity contribution in [3.63, 3.8) is 0 Å². The first kappa shape index (κ1) is 15.8. The third-order valence-electron chi connectivity index (χ3n) is 0.167. The molecule has 0 bridgehead atoms. The molecule has 0 saturated heterocycles. The van der Waals surface area contributed by atoms with E-state index in [-0.39, 0.29) is 18.9 Å². The van der Waals surface area contributed by atoms with Crippen LogP contribution in [0.2, 0.25) is 0 Å². The van der Waals surface area contributed by atoms with Crippen LogP contribution in [0.15, 0.2) is 25.3 Å². The Bertz CT molecular complexity index is 80.2. The van der Waals surface area contributed by atoms with Crippen LogP contribution in [0.25, 0.3) is 0 Å². The van der Waals surface area contributed by atoms with Gasteiger partial charge in [-0.1, -0.05) is 25.3 Å². The molecule has 2 N–H and O–H groups in total. The van der Waals surface area contributed by atoms with Gasteiger partial charge in [-0.2, -0.15) is 0 Å². The summed E-state index contributed by atoms with van der Waals surface area (Å²) in [5, 5.41) is 13.9. The van der Waals surface area contributed by atoms with Gasteiger partial charge in [0.1, 0.15) is 0 Å². The standard InChI is InChI=1S/C4H6.CH2O3.Li.H/c1-3-4-2;2-1(3)4;;/h3-4H,1-2H2;(H2,2,3,4);;. The van der Waals surface area contributed by atoms with Crippen molar-refractivity contribution in [3.05, 3.63) is 25.3 Å². The second-order valence-electron chi connectivity index (χ2n) is 0.754. The molecule has 4 heteroatoms. The molecule has 0 aliphatic rings. The molecule has 0 aromatic heterocycles. The summed E-state index contributed by atoms with van der Waals surface area (Å²) >= 11 is 0. The minimum absolute atomic E-state index is 0. The Balaban J connectivity index is -0.0000000720. The Morgan fingerprint density at radius 1 is 1.22 bits per heavy atom. The van der Waals surface area contributed by atoms with Crippen LogP contribution in [-0.4, -0.2) is 35.2 Å². The number of allylic oxidation sites excluding steroid dienone is 2. The van der Waals surface area contributed by atoms with Gasteiger partial charge in [0.25, 0.3) is 0 Å². The van der Waals surface area contributed by atoms with E-state index in [4.69, 9.17) is 15.0 Å². The van der Waals surface area contributed by atoms with E-state index in [1.54, 1.807) is 12.2 Å². The van der Waals surface area contributed by atoms with Crippen LogP contribution in [0.4, 0.5) is 4.79 Å². The molecule has 0 aliphatic heterocycles. The monoisotopic (exact) mass is 124 g/mol. The zero-order valence-electron chi connectivity index (χ0n) is 4.37. The molecule has 48 valence electrons. The summed E-state index contributed by atoms with van der Waals surface area (Å²) in [5.74, 6) is 0. The second-order valence-corrected chi connectivity index (χ2v) is 0.754. The minimum atomic E-state index is -1.83. The molecule has 9 heavy (non-hydrogen) atoms. The molecule has 0 fully saturated rings. The third-order valence-corrected chi connectivity index (χ3v) is 0.167. The van der Waals surface area contributed by atoms with Gasteiger partial charge in [0.05, 0.1) is 0 Å². The summed E-state index contributed by atoms with van der Waals surface area (Å²) in [6, 6.07) is 0. The maximum atomic E-state index is 8.56. The van der Waals surface area contributed by atoms with Crippen molar-refractivity contribution in [2.24, 2.45) is 0 Å². The summed E-state index contributed by atoms with van der Waals surface area (Å²) in [6.07, 6.45) is 1.44.